The van der Waals surface area contributed by atoms with Crippen LogP contribution in [0.3, 0.4) is 0 Å². The molecule has 1 aliphatic heterocycles. The van der Waals surface area contributed by atoms with Crippen LogP contribution < -0.4 is 4.46 Å². The molecule has 39 heavy (non-hydrogen) atoms. The average molecular weight is 590 g/mol. The van der Waals surface area contributed by atoms with E-state index < -0.39 is 24.4 Å². The Kier molecular flexibility index (Phi) is 10.4. The van der Waals surface area contributed by atoms with E-state index in [1.54, 1.807) is 0 Å². The fourth-order valence-electron chi connectivity index (χ4n) is 4.52. The van der Waals surface area contributed by atoms with Crippen LogP contribution in [0.4, 0.5) is 0 Å². The molecule has 1 saturated heterocycles. The van der Waals surface area contributed by atoms with Gasteiger partial charge in [-0.1, -0.05) is 0 Å². The molecule has 0 spiro atoms. The second-order valence-corrected chi connectivity index (χ2v) is 11.9. The average Bonchev–Trinajstić information content (AvgIpc) is 2.99. The van der Waals surface area contributed by atoms with Crippen molar-refractivity contribution in [2.75, 3.05) is 6.61 Å². The summed E-state index contributed by atoms with van der Waals surface area (Å²) in [5.41, 5.74) is 3.18. The third kappa shape index (κ3) is 8.10. The van der Waals surface area contributed by atoms with E-state index in [1.807, 2.05) is 109 Å². The number of rotatable bonds is 12. The van der Waals surface area contributed by atoms with Crippen LogP contribution in [0.5, 0.6) is 0 Å². The minimum atomic E-state index is -0.909. The normalized spacial score (nSPS) is 22.9. The first-order chi connectivity index (χ1) is 19.3. The van der Waals surface area contributed by atoms with Crippen molar-refractivity contribution in [1.82, 2.24) is 0 Å². The van der Waals surface area contributed by atoms with Crippen LogP contribution in [0.25, 0.3) is 0 Å². The number of hydrogen-bond acceptors (Lipinski definition) is 5. The second kappa shape index (κ2) is 14.5. The quantitative estimate of drug-likeness (QED) is 0.247. The van der Waals surface area contributed by atoms with Crippen molar-refractivity contribution in [2.24, 2.45) is 0 Å². The van der Waals surface area contributed by atoms with Crippen LogP contribution in [-0.2, 0) is 38.8 Å². The zero-order valence-electron chi connectivity index (χ0n) is 21.8. The molecule has 1 fully saturated rings. The van der Waals surface area contributed by atoms with E-state index in [0.29, 0.717) is 19.8 Å². The fraction of sp³-hybridized carbons (Fsp3) is 0.273. The van der Waals surface area contributed by atoms with Gasteiger partial charge in [-0.25, -0.2) is 0 Å². The van der Waals surface area contributed by atoms with Gasteiger partial charge in [0.1, 0.15) is 0 Å². The predicted molar refractivity (Wildman–Crippen MR) is 153 cm³/mol. The van der Waals surface area contributed by atoms with Gasteiger partial charge < -0.3 is 0 Å². The first-order valence-corrected chi connectivity index (χ1v) is 15.1. The van der Waals surface area contributed by atoms with E-state index >= 15 is 0 Å². The first kappa shape index (κ1) is 27.8. The number of ether oxygens (including phenoxy) is 4. The van der Waals surface area contributed by atoms with Crippen LogP contribution in [0.2, 0.25) is 0 Å². The van der Waals surface area contributed by atoms with E-state index in [2.05, 4.69) is 12.1 Å². The van der Waals surface area contributed by atoms with Crippen molar-refractivity contribution in [2.45, 2.75) is 49.2 Å². The SMILES string of the molecule is O[C@@H]1[C@H](OCc2ccccc2)[C@@H](OCc2ccccc2)[C@H]([Se]c2ccccc2)O[C@@H]1COCc1ccccc1. The van der Waals surface area contributed by atoms with Gasteiger partial charge in [0, 0.05) is 0 Å². The molecule has 202 valence electrons. The molecule has 5 atom stereocenters. The number of hydrogen-bond donors (Lipinski definition) is 1. The monoisotopic (exact) mass is 590 g/mol. The summed E-state index contributed by atoms with van der Waals surface area (Å²) in [6, 6.07) is 40.4. The molecule has 5 rings (SSSR count). The third-order valence-corrected chi connectivity index (χ3v) is 9.00. The Bertz CT molecular complexity index is 1230. The van der Waals surface area contributed by atoms with Crippen molar-refractivity contribution in [3.05, 3.63) is 138 Å². The molecule has 0 saturated carbocycles. The summed E-state index contributed by atoms with van der Waals surface area (Å²) in [6.07, 6.45) is -2.48. The van der Waals surface area contributed by atoms with Crippen LogP contribution >= 0.6 is 0 Å². The molecular formula is C33H34O5Se. The van der Waals surface area contributed by atoms with E-state index in [1.165, 1.54) is 4.46 Å². The van der Waals surface area contributed by atoms with Crippen LogP contribution in [0.1, 0.15) is 16.7 Å². The van der Waals surface area contributed by atoms with Gasteiger partial charge in [0.15, 0.2) is 0 Å². The zero-order chi connectivity index (χ0) is 26.7. The third-order valence-electron chi connectivity index (χ3n) is 6.58. The van der Waals surface area contributed by atoms with Gasteiger partial charge in [0.2, 0.25) is 0 Å². The van der Waals surface area contributed by atoms with E-state index in [9.17, 15) is 5.11 Å². The van der Waals surface area contributed by atoms with Gasteiger partial charge in [-0.15, -0.1) is 0 Å². The Morgan fingerprint density at radius 3 is 1.59 bits per heavy atom. The maximum absolute atomic E-state index is 11.6. The van der Waals surface area contributed by atoms with Crippen molar-refractivity contribution in [1.29, 1.82) is 0 Å². The van der Waals surface area contributed by atoms with Crippen molar-refractivity contribution in [3.8, 4) is 0 Å². The molecular weight excluding hydrogens is 555 g/mol. The van der Waals surface area contributed by atoms with Gasteiger partial charge in [-0.3, -0.25) is 0 Å². The summed E-state index contributed by atoms with van der Waals surface area (Å²) in [4.78, 5) is 0. The van der Waals surface area contributed by atoms with Gasteiger partial charge >= 0.3 is 237 Å². The first-order valence-electron chi connectivity index (χ1n) is 13.2. The van der Waals surface area contributed by atoms with Gasteiger partial charge in [0.05, 0.1) is 0 Å². The molecule has 0 bridgehead atoms. The Morgan fingerprint density at radius 1 is 0.590 bits per heavy atom. The Hall–Kier alpha value is -2.80. The maximum atomic E-state index is 11.6. The van der Waals surface area contributed by atoms with Crippen molar-refractivity contribution in [3.63, 3.8) is 0 Å². The molecule has 4 aromatic rings. The van der Waals surface area contributed by atoms with Crippen molar-refractivity contribution >= 4 is 19.4 Å². The topological polar surface area (TPSA) is 57.2 Å². The van der Waals surface area contributed by atoms with Gasteiger partial charge in [-0.05, 0) is 0 Å². The van der Waals surface area contributed by atoms with E-state index in [0.717, 1.165) is 16.7 Å². The summed E-state index contributed by atoms with van der Waals surface area (Å²) in [7, 11) is 0. The standard InChI is InChI=1S/C33H34O5Se/c34-30-29(24-35-21-25-13-5-1-6-14-25)38-33(39-28-19-11-4-12-20-28)32(37-23-27-17-9-3-10-18-27)31(30)36-22-26-15-7-2-8-16-26/h1-20,29-34H,21-24H2/t29-,30+,31+,32-,33+/m1/s1. The molecule has 0 unspecified atom stereocenters. The second-order valence-electron chi connectivity index (χ2n) is 9.49. The van der Waals surface area contributed by atoms with E-state index in [4.69, 9.17) is 18.9 Å². The molecule has 0 aliphatic carbocycles. The van der Waals surface area contributed by atoms with Crippen LogP contribution in [0.15, 0.2) is 121 Å². The Labute approximate surface area is 236 Å². The zero-order valence-corrected chi connectivity index (χ0v) is 23.5. The summed E-state index contributed by atoms with van der Waals surface area (Å²) in [5, 5.41) is 11.3. The van der Waals surface area contributed by atoms with Gasteiger partial charge in [-0.2, -0.15) is 0 Å². The Balaban J connectivity index is 1.36. The molecule has 0 aromatic heterocycles. The number of aliphatic hydroxyl groups excluding tert-OH is 1. The molecule has 4 aromatic carbocycles. The number of aliphatic hydroxyl groups is 1. The molecule has 0 radical (unpaired) electrons. The molecule has 0 amide bonds. The molecule has 6 heteroatoms. The van der Waals surface area contributed by atoms with Crippen LogP contribution in [0, 0.1) is 0 Å². The molecule has 1 heterocycles. The van der Waals surface area contributed by atoms with Crippen LogP contribution in [-0.4, -0.2) is 56.1 Å². The molecule has 5 nitrogen and oxygen atoms in total. The fourth-order valence-corrected chi connectivity index (χ4v) is 6.93. The summed E-state index contributed by atoms with van der Waals surface area (Å²) in [6.45, 7) is 1.49. The van der Waals surface area contributed by atoms with Gasteiger partial charge in [0.25, 0.3) is 0 Å². The minimum absolute atomic E-state index is 0.0746. The summed E-state index contributed by atoms with van der Waals surface area (Å²) in [5.74, 6) is 0. The van der Waals surface area contributed by atoms with Crippen molar-refractivity contribution < 1.29 is 24.1 Å². The molecule has 1 N–H and O–H groups in total. The summed E-state index contributed by atoms with van der Waals surface area (Å²) >= 11 is -0.0746. The van der Waals surface area contributed by atoms with E-state index in [-0.39, 0.29) is 26.6 Å². The molecule has 1 aliphatic rings. The summed E-state index contributed by atoms with van der Waals surface area (Å²) < 4.78 is 26.8. The predicted octanol–water partition coefficient (Wildman–Crippen LogP) is 4.49. The Morgan fingerprint density at radius 2 is 1.05 bits per heavy atom. The number of benzene rings is 4.